The first-order chi connectivity index (χ1) is 8.33. The maximum atomic E-state index is 6.02. The van der Waals surface area contributed by atoms with E-state index in [1.54, 1.807) is 0 Å². The summed E-state index contributed by atoms with van der Waals surface area (Å²) in [5.41, 5.74) is 1.22. The molecule has 0 bridgehead atoms. The van der Waals surface area contributed by atoms with E-state index in [0.29, 0.717) is 12.7 Å². The summed E-state index contributed by atoms with van der Waals surface area (Å²) < 4.78 is 11.7. The van der Waals surface area contributed by atoms with Gasteiger partial charge in [0, 0.05) is 5.33 Å². The summed E-state index contributed by atoms with van der Waals surface area (Å²) in [6.45, 7) is 2.67. The van der Waals surface area contributed by atoms with E-state index >= 15 is 0 Å². The Morgan fingerprint density at radius 2 is 2.00 bits per heavy atom. The fourth-order valence-corrected chi connectivity index (χ4v) is 2.54. The van der Waals surface area contributed by atoms with E-state index in [0.717, 1.165) is 16.8 Å². The lowest BCUT2D eigenvalue weighted by molar-refractivity contribution is 0.196. The van der Waals surface area contributed by atoms with Crippen LogP contribution >= 0.6 is 15.9 Å². The summed E-state index contributed by atoms with van der Waals surface area (Å²) in [6, 6.07) is 6.17. The molecule has 0 atom stereocenters. The van der Waals surface area contributed by atoms with Crippen molar-refractivity contribution in [2.45, 2.75) is 44.0 Å². The van der Waals surface area contributed by atoms with Crippen LogP contribution in [0, 0.1) is 0 Å². The van der Waals surface area contributed by atoms with E-state index in [1.165, 1.54) is 31.2 Å². The van der Waals surface area contributed by atoms with Crippen LogP contribution in [-0.2, 0) is 5.33 Å². The third-order valence-corrected chi connectivity index (χ3v) is 3.71. The van der Waals surface area contributed by atoms with Crippen molar-refractivity contribution in [3.63, 3.8) is 0 Å². The molecule has 2 rings (SSSR count). The molecule has 0 aliphatic heterocycles. The maximum absolute atomic E-state index is 6.02. The van der Waals surface area contributed by atoms with Crippen LogP contribution in [0.5, 0.6) is 11.5 Å². The molecule has 1 aliphatic rings. The number of hydrogen-bond acceptors (Lipinski definition) is 2. The summed E-state index contributed by atoms with van der Waals surface area (Å²) in [7, 11) is 0. The van der Waals surface area contributed by atoms with Gasteiger partial charge in [0.15, 0.2) is 11.5 Å². The first-order valence-electron chi connectivity index (χ1n) is 6.32. The monoisotopic (exact) mass is 298 g/mol. The number of hydrogen-bond donors (Lipinski definition) is 0. The second-order valence-corrected chi connectivity index (χ2v) is 4.93. The summed E-state index contributed by atoms with van der Waals surface area (Å²) in [5, 5.41) is 0.844. The van der Waals surface area contributed by atoms with Gasteiger partial charge in [0.2, 0.25) is 0 Å². The van der Waals surface area contributed by atoms with Crippen molar-refractivity contribution in [1.29, 1.82) is 0 Å². The van der Waals surface area contributed by atoms with E-state index in [1.807, 2.05) is 13.0 Å². The van der Waals surface area contributed by atoms with E-state index in [4.69, 9.17) is 9.47 Å². The third kappa shape index (κ3) is 3.38. The van der Waals surface area contributed by atoms with Crippen molar-refractivity contribution < 1.29 is 9.47 Å². The highest BCUT2D eigenvalue weighted by Crippen LogP contribution is 2.33. The number of rotatable bonds is 5. The SMILES string of the molecule is CCOc1cc(CBr)ccc1OC1CCCC1. The van der Waals surface area contributed by atoms with Crippen molar-refractivity contribution in [1.82, 2.24) is 0 Å². The second kappa shape index (κ2) is 6.29. The van der Waals surface area contributed by atoms with Crippen LogP contribution in [0.3, 0.4) is 0 Å². The predicted molar refractivity (Wildman–Crippen MR) is 73.1 cm³/mol. The number of ether oxygens (including phenoxy) is 2. The van der Waals surface area contributed by atoms with Crippen molar-refractivity contribution in [3.8, 4) is 11.5 Å². The van der Waals surface area contributed by atoms with Crippen LogP contribution in [0.4, 0.5) is 0 Å². The summed E-state index contributed by atoms with van der Waals surface area (Å²) in [5.74, 6) is 1.76. The lowest BCUT2D eigenvalue weighted by Gasteiger charge is -2.17. The minimum absolute atomic E-state index is 0.379. The molecule has 1 aromatic rings. The van der Waals surface area contributed by atoms with Gasteiger partial charge < -0.3 is 9.47 Å². The van der Waals surface area contributed by atoms with E-state index in [-0.39, 0.29) is 0 Å². The van der Waals surface area contributed by atoms with Crippen LogP contribution in [0.1, 0.15) is 38.2 Å². The third-order valence-electron chi connectivity index (χ3n) is 3.06. The standard InChI is InChI=1S/C14H19BrO2/c1-2-16-14-9-11(10-15)7-8-13(14)17-12-5-3-4-6-12/h7-9,12H,2-6,10H2,1H3. The molecule has 0 heterocycles. The van der Waals surface area contributed by atoms with Gasteiger partial charge in [-0.1, -0.05) is 22.0 Å². The molecule has 17 heavy (non-hydrogen) atoms. The molecule has 0 aromatic heterocycles. The first kappa shape index (κ1) is 12.7. The minimum atomic E-state index is 0.379. The molecule has 1 fully saturated rings. The van der Waals surface area contributed by atoms with E-state index in [9.17, 15) is 0 Å². The molecule has 1 saturated carbocycles. The highest BCUT2D eigenvalue weighted by molar-refractivity contribution is 9.08. The number of alkyl halides is 1. The fourth-order valence-electron chi connectivity index (χ4n) is 2.19. The van der Waals surface area contributed by atoms with Gasteiger partial charge in [0.25, 0.3) is 0 Å². The highest BCUT2D eigenvalue weighted by Gasteiger charge is 2.18. The van der Waals surface area contributed by atoms with Gasteiger partial charge in [-0.3, -0.25) is 0 Å². The average molecular weight is 299 g/mol. The molecular formula is C14H19BrO2. The fraction of sp³-hybridized carbons (Fsp3) is 0.571. The maximum Gasteiger partial charge on any atom is 0.161 e. The van der Waals surface area contributed by atoms with Crippen molar-refractivity contribution in [2.24, 2.45) is 0 Å². The minimum Gasteiger partial charge on any atom is -0.490 e. The van der Waals surface area contributed by atoms with Crippen molar-refractivity contribution in [3.05, 3.63) is 23.8 Å². The van der Waals surface area contributed by atoms with Crippen LogP contribution in [0.2, 0.25) is 0 Å². The zero-order chi connectivity index (χ0) is 12.1. The van der Waals surface area contributed by atoms with E-state index < -0.39 is 0 Å². The van der Waals surface area contributed by atoms with Gasteiger partial charge in [-0.2, -0.15) is 0 Å². The molecule has 3 heteroatoms. The first-order valence-corrected chi connectivity index (χ1v) is 7.44. The highest BCUT2D eigenvalue weighted by atomic mass is 79.9. The lowest BCUT2D eigenvalue weighted by Crippen LogP contribution is -2.12. The van der Waals surface area contributed by atoms with Crippen molar-refractivity contribution >= 4 is 15.9 Å². The number of halogens is 1. The Morgan fingerprint density at radius 1 is 1.24 bits per heavy atom. The Bertz CT molecular complexity index is 359. The van der Waals surface area contributed by atoms with Crippen LogP contribution in [-0.4, -0.2) is 12.7 Å². The largest absolute Gasteiger partial charge is 0.490 e. The van der Waals surface area contributed by atoms with Gasteiger partial charge in [-0.15, -0.1) is 0 Å². The zero-order valence-electron chi connectivity index (χ0n) is 10.2. The Labute approximate surface area is 111 Å². The molecule has 0 radical (unpaired) electrons. The zero-order valence-corrected chi connectivity index (χ0v) is 11.8. The summed E-state index contributed by atoms with van der Waals surface area (Å²) in [6.07, 6.45) is 5.30. The smallest absolute Gasteiger partial charge is 0.161 e. The molecule has 0 amide bonds. The Balaban J connectivity index is 2.12. The molecular weight excluding hydrogens is 280 g/mol. The van der Waals surface area contributed by atoms with Gasteiger partial charge >= 0.3 is 0 Å². The molecule has 94 valence electrons. The summed E-state index contributed by atoms with van der Waals surface area (Å²) >= 11 is 3.46. The molecule has 0 spiro atoms. The lowest BCUT2D eigenvalue weighted by atomic mass is 10.2. The molecule has 0 saturated heterocycles. The van der Waals surface area contributed by atoms with Crippen LogP contribution in [0.15, 0.2) is 18.2 Å². The molecule has 2 nitrogen and oxygen atoms in total. The second-order valence-electron chi connectivity index (χ2n) is 4.37. The Morgan fingerprint density at radius 3 is 2.65 bits per heavy atom. The van der Waals surface area contributed by atoms with Gasteiger partial charge in [-0.25, -0.2) is 0 Å². The van der Waals surface area contributed by atoms with Gasteiger partial charge in [0.1, 0.15) is 0 Å². The van der Waals surface area contributed by atoms with Gasteiger partial charge in [0.05, 0.1) is 12.7 Å². The van der Waals surface area contributed by atoms with Gasteiger partial charge in [-0.05, 0) is 50.3 Å². The Kier molecular flexibility index (Phi) is 4.72. The normalized spacial score (nSPS) is 16.1. The summed E-state index contributed by atoms with van der Waals surface area (Å²) in [4.78, 5) is 0. The molecule has 1 aliphatic carbocycles. The molecule has 1 aromatic carbocycles. The topological polar surface area (TPSA) is 18.5 Å². The quantitative estimate of drug-likeness (QED) is 0.755. The van der Waals surface area contributed by atoms with Crippen molar-refractivity contribution in [2.75, 3.05) is 6.61 Å². The van der Waals surface area contributed by atoms with Crippen LogP contribution < -0.4 is 9.47 Å². The molecule has 0 N–H and O–H groups in total. The Hall–Kier alpha value is -0.700. The number of benzene rings is 1. The predicted octanol–water partition coefficient (Wildman–Crippen LogP) is 4.30. The van der Waals surface area contributed by atoms with E-state index in [2.05, 4.69) is 28.1 Å². The molecule has 0 unspecified atom stereocenters. The average Bonchev–Trinajstić information content (AvgIpc) is 2.84. The van der Waals surface area contributed by atoms with Crippen LogP contribution in [0.25, 0.3) is 0 Å².